The Hall–Kier alpha value is -1.28. The molecule has 0 spiro atoms. The number of phosphoric ester groups is 1. The molecule has 0 rings (SSSR count). The lowest BCUT2D eigenvalue weighted by Crippen LogP contribution is -2.28. The number of phosphoric acid groups is 1. The van der Waals surface area contributed by atoms with Crippen LogP contribution in [-0.4, -0.2) is 49.9 Å². The number of hydrogen-bond donors (Lipinski definition) is 2. The van der Waals surface area contributed by atoms with Crippen molar-refractivity contribution in [3.05, 3.63) is 36.5 Å². The first-order valence-corrected chi connectivity index (χ1v) is 25.5. The molecule has 0 bridgehead atoms. The Morgan fingerprint density at radius 2 is 0.930 bits per heavy atom. The Morgan fingerprint density at radius 1 is 0.526 bits per heavy atom. The summed E-state index contributed by atoms with van der Waals surface area (Å²) in [6.45, 7) is 4.92. The highest BCUT2D eigenvalue weighted by molar-refractivity contribution is 7.47. The van der Waals surface area contributed by atoms with Crippen LogP contribution in [-0.2, 0) is 27.9 Å². The molecule has 9 heteroatoms. The standard InChI is InChI=1S/C48H92NO7P/c1-3-5-7-9-11-13-15-17-19-21-22-23-24-25-27-29-31-33-35-37-39-41-48(50)56-47(46-55-57(51,52)54-44-42-49)45-53-43-40-38-36-34-32-30-28-26-20-18-16-14-12-10-8-6-4-2/h15,17,20-22,26,47H,3-14,16,18-19,23-25,27-46,49H2,1-2H3,(H,51,52)/b17-15-,22-21-,26-20-. The molecule has 0 saturated carbocycles. The van der Waals surface area contributed by atoms with E-state index in [1.165, 1.54) is 167 Å². The van der Waals surface area contributed by atoms with Crippen LogP contribution < -0.4 is 5.73 Å². The van der Waals surface area contributed by atoms with E-state index in [0.29, 0.717) is 13.0 Å². The van der Waals surface area contributed by atoms with Crippen LogP contribution in [0.5, 0.6) is 0 Å². The highest BCUT2D eigenvalue weighted by Crippen LogP contribution is 2.43. The van der Waals surface area contributed by atoms with Gasteiger partial charge in [0.25, 0.3) is 0 Å². The monoisotopic (exact) mass is 826 g/mol. The second-order valence-electron chi connectivity index (χ2n) is 16.0. The molecular weight excluding hydrogens is 734 g/mol. The van der Waals surface area contributed by atoms with Gasteiger partial charge < -0.3 is 20.1 Å². The van der Waals surface area contributed by atoms with Crippen LogP contribution in [0.2, 0.25) is 0 Å². The van der Waals surface area contributed by atoms with Gasteiger partial charge in [-0.1, -0.05) is 185 Å². The number of allylic oxidation sites excluding steroid dienone is 6. The van der Waals surface area contributed by atoms with Crippen molar-refractivity contribution in [1.29, 1.82) is 0 Å². The number of carbonyl (C=O) groups is 1. The molecule has 0 heterocycles. The van der Waals surface area contributed by atoms with Gasteiger partial charge in [0.15, 0.2) is 0 Å². The van der Waals surface area contributed by atoms with Crippen molar-refractivity contribution in [2.24, 2.45) is 5.73 Å². The average Bonchev–Trinajstić information content (AvgIpc) is 3.20. The molecule has 336 valence electrons. The zero-order chi connectivity index (χ0) is 41.6. The Kier molecular flexibility index (Phi) is 44.8. The molecule has 0 aromatic heterocycles. The molecule has 57 heavy (non-hydrogen) atoms. The van der Waals surface area contributed by atoms with Gasteiger partial charge in [0.1, 0.15) is 6.10 Å². The van der Waals surface area contributed by atoms with Gasteiger partial charge in [-0.15, -0.1) is 0 Å². The molecular formula is C48H92NO7P. The molecule has 8 nitrogen and oxygen atoms in total. The number of carbonyl (C=O) groups excluding carboxylic acids is 1. The fraction of sp³-hybridized carbons (Fsp3) is 0.854. The molecule has 0 radical (unpaired) electrons. The fourth-order valence-electron chi connectivity index (χ4n) is 6.73. The molecule has 0 aliphatic rings. The number of rotatable bonds is 46. The second-order valence-corrected chi connectivity index (χ2v) is 17.4. The second kappa shape index (κ2) is 45.8. The summed E-state index contributed by atoms with van der Waals surface area (Å²) in [7, 11) is -4.28. The molecule has 2 unspecified atom stereocenters. The Balaban J connectivity index is 3.99. The van der Waals surface area contributed by atoms with Gasteiger partial charge in [-0.3, -0.25) is 13.8 Å². The Labute approximate surface area is 352 Å². The van der Waals surface area contributed by atoms with Crippen LogP contribution in [0.3, 0.4) is 0 Å². The molecule has 0 fully saturated rings. The van der Waals surface area contributed by atoms with E-state index in [-0.39, 0.29) is 32.3 Å². The van der Waals surface area contributed by atoms with Gasteiger partial charge in [-0.25, -0.2) is 4.57 Å². The maximum Gasteiger partial charge on any atom is 0.472 e. The Morgan fingerprint density at radius 3 is 1.39 bits per heavy atom. The number of ether oxygens (including phenoxy) is 2. The summed E-state index contributed by atoms with van der Waals surface area (Å²) in [5, 5.41) is 0. The predicted octanol–water partition coefficient (Wildman–Crippen LogP) is 14.6. The third-order valence-corrected chi connectivity index (χ3v) is 11.3. The van der Waals surface area contributed by atoms with Crippen LogP contribution in [0.4, 0.5) is 0 Å². The molecule has 3 N–H and O–H groups in total. The fourth-order valence-corrected chi connectivity index (χ4v) is 7.49. The normalized spacial score (nSPS) is 13.7. The molecule has 0 aliphatic heterocycles. The highest BCUT2D eigenvalue weighted by atomic mass is 31.2. The van der Waals surface area contributed by atoms with Crippen molar-refractivity contribution in [2.75, 3.05) is 33.0 Å². The SMILES string of the molecule is CCCCCCC/C=C\C/C=C\CCCCCCCCCCCC(=O)OC(COCCCCCCCC/C=C\CCCCCCCCC)COP(=O)(O)OCCN. The van der Waals surface area contributed by atoms with Crippen LogP contribution in [0.15, 0.2) is 36.5 Å². The van der Waals surface area contributed by atoms with E-state index in [0.717, 1.165) is 38.5 Å². The first kappa shape index (κ1) is 55.7. The predicted molar refractivity (Wildman–Crippen MR) is 243 cm³/mol. The summed E-state index contributed by atoms with van der Waals surface area (Å²) in [5.41, 5.74) is 5.38. The van der Waals surface area contributed by atoms with Gasteiger partial charge in [0.2, 0.25) is 0 Å². The minimum Gasteiger partial charge on any atom is -0.457 e. The van der Waals surface area contributed by atoms with E-state index >= 15 is 0 Å². The minimum absolute atomic E-state index is 0.0972. The smallest absolute Gasteiger partial charge is 0.457 e. The average molecular weight is 826 g/mol. The van der Waals surface area contributed by atoms with Crippen molar-refractivity contribution in [2.45, 2.75) is 232 Å². The third kappa shape index (κ3) is 45.7. The zero-order valence-corrected chi connectivity index (χ0v) is 38.2. The lowest BCUT2D eigenvalue weighted by atomic mass is 10.1. The summed E-state index contributed by atoms with van der Waals surface area (Å²) in [6.07, 6.45) is 53.1. The van der Waals surface area contributed by atoms with E-state index in [4.69, 9.17) is 24.3 Å². The lowest BCUT2D eigenvalue weighted by Gasteiger charge is -2.20. The highest BCUT2D eigenvalue weighted by Gasteiger charge is 2.25. The van der Waals surface area contributed by atoms with Crippen LogP contribution in [0, 0.1) is 0 Å². The lowest BCUT2D eigenvalue weighted by molar-refractivity contribution is -0.154. The molecule has 2 atom stereocenters. The molecule has 0 aliphatic carbocycles. The number of unbranched alkanes of at least 4 members (excludes halogenated alkanes) is 27. The molecule has 0 aromatic rings. The zero-order valence-electron chi connectivity index (χ0n) is 37.3. The van der Waals surface area contributed by atoms with Crippen molar-refractivity contribution in [3.8, 4) is 0 Å². The first-order valence-electron chi connectivity index (χ1n) is 24.0. The van der Waals surface area contributed by atoms with Crippen molar-refractivity contribution < 1.29 is 32.8 Å². The van der Waals surface area contributed by atoms with Gasteiger partial charge in [0, 0.05) is 19.6 Å². The van der Waals surface area contributed by atoms with Crippen molar-refractivity contribution in [1.82, 2.24) is 0 Å². The van der Waals surface area contributed by atoms with Gasteiger partial charge in [-0.05, 0) is 70.6 Å². The first-order chi connectivity index (χ1) is 27.9. The topological polar surface area (TPSA) is 117 Å². The summed E-state index contributed by atoms with van der Waals surface area (Å²) < 4.78 is 33.5. The number of nitrogens with two attached hydrogens (primary N) is 1. The molecule has 0 saturated heterocycles. The van der Waals surface area contributed by atoms with Crippen LogP contribution in [0.1, 0.15) is 226 Å². The largest absolute Gasteiger partial charge is 0.472 e. The maximum absolute atomic E-state index is 12.6. The summed E-state index contributed by atoms with van der Waals surface area (Å²) in [5.74, 6) is -0.335. The van der Waals surface area contributed by atoms with E-state index in [1.54, 1.807) is 0 Å². The summed E-state index contributed by atoms with van der Waals surface area (Å²) >= 11 is 0. The Bertz CT molecular complexity index is 972. The van der Waals surface area contributed by atoms with Crippen LogP contribution >= 0.6 is 7.82 Å². The number of hydrogen-bond acceptors (Lipinski definition) is 7. The van der Waals surface area contributed by atoms with E-state index in [1.807, 2.05) is 0 Å². The summed E-state index contributed by atoms with van der Waals surface area (Å²) in [4.78, 5) is 22.5. The quantitative estimate of drug-likeness (QED) is 0.0270. The van der Waals surface area contributed by atoms with E-state index in [2.05, 4.69) is 50.3 Å². The maximum atomic E-state index is 12.6. The third-order valence-electron chi connectivity index (χ3n) is 10.3. The number of esters is 1. The summed E-state index contributed by atoms with van der Waals surface area (Å²) in [6, 6.07) is 0. The van der Waals surface area contributed by atoms with Crippen molar-refractivity contribution in [3.63, 3.8) is 0 Å². The molecule has 0 amide bonds. The van der Waals surface area contributed by atoms with E-state index in [9.17, 15) is 14.3 Å². The van der Waals surface area contributed by atoms with Gasteiger partial charge in [-0.2, -0.15) is 0 Å². The van der Waals surface area contributed by atoms with Crippen molar-refractivity contribution >= 4 is 13.8 Å². The van der Waals surface area contributed by atoms with Gasteiger partial charge in [0.05, 0.1) is 19.8 Å². The molecule has 0 aromatic carbocycles. The van der Waals surface area contributed by atoms with Crippen LogP contribution in [0.25, 0.3) is 0 Å². The van der Waals surface area contributed by atoms with E-state index < -0.39 is 13.9 Å². The minimum atomic E-state index is -4.28. The van der Waals surface area contributed by atoms with Gasteiger partial charge >= 0.3 is 13.8 Å².